The van der Waals surface area contributed by atoms with E-state index in [4.69, 9.17) is 0 Å². The number of halogens is 3. The van der Waals surface area contributed by atoms with Crippen molar-refractivity contribution in [3.63, 3.8) is 0 Å². The Morgan fingerprint density at radius 3 is 2.35 bits per heavy atom. The number of carbonyl (C=O) groups is 1. The van der Waals surface area contributed by atoms with Gasteiger partial charge in [-0.05, 0) is 37.8 Å². The standard InChI is InChI=1S/C17H24F3NO2/c1-4-16(5-2,15(22)23)11-21-12(3)9-13-7-6-8-14(10-13)17(18,19)20/h6-8,10,12,21H,4-5,9,11H2,1-3H3,(H,22,23). The maximum atomic E-state index is 12.7. The first kappa shape index (κ1) is 19.5. The van der Waals surface area contributed by atoms with Crippen molar-refractivity contribution in [3.8, 4) is 0 Å². The van der Waals surface area contributed by atoms with Crippen LogP contribution >= 0.6 is 0 Å². The lowest BCUT2D eigenvalue weighted by molar-refractivity contribution is -0.149. The maximum Gasteiger partial charge on any atom is 0.416 e. The van der Waals surface area contributed by atoms with E-state index in [9.17, 15) is 23.1 Å². The van der Waals surface area contributed by atoms with Gasteiger partial charge in [-0.2, -0.15) is 13.2 Å². The molecule has 1 unspecified atom stereocenters. The molecule has 0 fully saturated rings. The van der Waals surface area contributed by atoms with E-state index in [2.05, 4.69) is 5.32 Å². The highest BCUT2D eigenvalue weighted by atomic mass is 19.4. The summed E-state index contributed by atoms with van der Waals surface area (Å²) in [6.45, 7) is 5.81. The van der Waals surface area contributed by atoms with Gasteiger partial charge in [0.1, 0.15) is 0 Å². The van der Waals surface area contributed by atoms with E-state index in [1.165, 1.54) is 6.07 Å². The van der Waals surface area contributed by atoms with Crippen molar-refractivity contribution < 1.29 is 23.1 Å². The van der Waals surface area contributed by atoms with Crippen molar-refractivity contribution in [1.82, 2.24) is 5.32 Å². The van der Waals surface area contributed by atoms with E-state index < -0.39 is 23.1 Å². The van der Waals surface area contributed by atoms with Crippen LogP contribution in [0.15, 0.2) is 24.3 Å². The molecular formula is C17H24F3NO2. The molecule has 0 aliphatic carbocycles. The van der Waals surface area contributed by atoms with Gasteiger partial charge in [0.2, 0.25) is 0 Å². The molecule has 0 heterocycles. The number of hydrogen-bond acceptors (Lipinski definition) is 2. The SMILES string of the molecule is CCC(CC)(CNC(C)Cc1cccc(C(F)(F)F)c1)C(=O)O. The highest BCUT2D eigenvalue weighted by molar-refractivity contribution is 5.74. The highest BCUT2D eigenvalue weighted by Gasteiger charge is 2.35. The fraction of sp³-hybridized carbons (Fsp3) is 0.588. The van der Waals surface area contributed by atoms with Gasteiger partial charge in [-0.3, -0.25) is 4.79 Å². The number of benzene rings is 1. The van der Waals surface area contributed by atoms with E-state index >= 15 is 0 Å². The van der Waals surface area contributed by atoms with E-state index in [0.717, 1.165) is 12.1 Å². The van der Waals surface area contributed by atoms with Gasteiger partial charge in [-0.1, -0.05) is 32.0 Å². The summed E-state index contributed by atoms with van der Waals surface area (Å²) in [6.07, 6.45) is -2.94. The largest absolute Gasteiger partial charge is 0.481 e. The Kier molecular flexibility index (Phi) is 6.62. The molecule has 23 heavy (non-hydrogen) atoms. The van der Waals surface area contributed by atoms with Crippen molar-refractivity contribution in [2.24, 2.45) is 5.41 Å². The molecule has 0 radical (unpaired) electrons. The van der Waals surface area contributed by atoms with Crippen LogP contribution in [0, 0.1) is 5.41 Å². The van der Waals surface area contributed by atoms with Crippen molar-refractivity contribution in [1.29, 1.82) is 0 Å². The lowest BCUT2D eigenvalue weighted by Gasteiger charge is -2.29. The zero-order valence-electron chi connectivity index (χ0n) is 13.7. The maximum absolute atomic E-state index is 12.7. The van der Waals surface area contributed by atoms with E-state index in [0.29, 0.717) is 31.4 Å². The van der Waals surface area contributed by atoms with Gasteiger partial charge in [0.05, 0.1) is 11.0 Å². The molecule has 0 bridgehead atoms. The monoisotopic (exact) mass is 331 g/mol. The summed E-state index contributed by atoms with van der Waals surface area (Å²) in [5.41, 5.74) is -0.917. The normalized spacial score (nSPS) is 13.8. The van der Waals surface area contributed by atoms with Gasteiger partial charge in [-0.25, -0.2) is 0 Å². The van der Waals surface area contributed by atoms with Crippen molar-refractivity contribution >= 4 is 5.97 Å². The first-order valence-electron chi connectivity index (χ1n) is 7.77. The first-order chi connectivity index (χ1) is 10.6. The topological polar surface area (TPSA) is 49.3 Å². The summed E-state index contributed by atoms with van der Waals surface area (Å²) in [5.74, 6) is -0.846. The van der Waals surface area contributed by atoms with Crippen molar-refractivity contribution in [2.75, 3.05) is 6.54 Å². The summed E-state index contributed by atoms with van der Waals surface area (Å²) < 4.78 is 38.1. The van der Waals surface area contributed by atoms with Crippen LogP contribution in [0.1, 0.15) is 44.7 Å². The molecule has 1 atom stereocenters. The van der Waals surface area contributed by atoms with E-state index in [-0.39, 0.29) is 6.04 Å². The lowest BCUT2D eigenvalue weighted by Crippen LogP contribution is -2.43. The van der Waals surface area contributed by atoms with Crippen LogP contribution < -0.4 is 5.32 Å². The Labute approximate surface area is 134 Å². The van der Waals surface area contributed by atoms with Crippen molar-refractivity contribution in [2.45, 2.75) is 52.3 Å². The van der Waals surface area contributed by atoms with Crippen LogP contribution in [0.3, 0.4) is 0 Å². The minimum absolute atomic E-state index is 0.115. The van der Waals surface area contributed by atoms with Crippen LogP contribution in [0.5, 0.6) is 0 Å². The fourth-order valence-electron chi connectivity index (χ4n) is 2.55. The molecule has 1 rings (SSSR count). The Hall–Kier alpha value is -1.56. The fourth-order valence-corrected chi connectivity index (χ4v) is 2.55. The van der Waals surface area contributed by atoms with Gasteiger partial charge in [0.15, 0.2) is 0 Å². The summed E-state index contributed by atoms with van der Waals surface area (Å²) >= 11 is 0. The third-order valence-electron chi connectivity index (χ3n) is 4.39. The molecule has 0 saturated carbocycles. The summed E-state index contributed by atoms with van der Waals surface area (Å²) in [6, 6.07) is 5.12. The molecule has 3 nitrogen and oxygen atoms in total. The summed E-state index contributed by atoms with van der Waals surface area (Å²) in [7, 11) is 0. The zero-order valence-corrected chi connectivity index (χ0v) is 13.7. The van der Waals surface area contributed by atoms with Crippen LogP contribution in [0.2, 0.25) is 0 Å². The van der Waals surface area contributed by atoms with Gasteiger partial charge < -0.3 is 10.4 Å². The molecule has 130 valence electrons. The number of hydrogen-bond donors (Lipinski definition) is 2. The Bertz CT molecular complexity index is 525. The number of carboxylic acid groups (broad SMARTS) is 1. The second kappa shape index (κ2) is 7.81. The second-order valence-electron chi connectivity index (χ2n) is 5.98. The number of rotatable bonds is 8. The first-order valence-corrected chi connectivity index (χ1v) is 7.77. The molecule has 2 N–H and O–H groups in total. The average molecular weight is 331 g/mol. The molecular weight excluding hydrogens is 307 g/mol. The molecule has 0 spiro atoms. The molecule has 0 aromatic heterocycles. The van der Waals surface area contributed by atoms with Crippen LogP contribution in [0.4, 0.5) is 13.2 Å². The lowest BCUT2D eigenvalue weighted by atomic mass is 9.82. The molecule has 1 aromatic rings. The second-order valence-corrected chi connectivity index (χ2v) is 5.98. The van der Waals surface area contributed by atoms with Crippen molar-refractivity contribution in [3.05, 3.63) is 35.4 Å². The van der Waals surface area contributed by atoms with Gasteiger partial charge in [-0.15, -0.1) is 0 Å². The molecule has 1 aromatic carbocycles. The summed E-state index contributed by atoms with van der Waals surface area (Å²) in [5, 5.41) is 12.5. The van der Waals surface area contributed by atoms with E-state index in [1.807, 2.05) is 20.8 Å². The van der Waals surface area contributed by atoms with Crippen LogP contribution in [-0.2, 0) is 17.4 Å². The quantitative estimate of drug-likeness (QED) is 0.753. The van der Waals surface area contributed by atoms with E-state index in [1.54, 1.807) is 6.07 Å². The molecule has 0 amide bonds. The Balaban J connectivity index is 2.70. The van der Waals surface area contributed by atoms with Gasteiger partial charge in [0.25, 0.3) is 0 Å². The predicted molar refractivity (Wildman–Crippen MR) is 83.3 cm³/mol. The minimum Gasteiger partial charge on any atom is -0.481 e. The minimum atomic E-state index is -4.35. The number of carboxylic acids is 1. The molecule has 0 aliphatic rings. The number of nitrogens with one attached hydrogen (secondary N) is 1. The van der Waals surface area contributed by atoms with Crippen LogP contribution in [0.25, 0.3) is 0 Å². The van der Waals surface area contributed by atoms with Crippen LogP contribution in [-0.4, -0.2) is 23.7 Å². The highest BCUT2D eigenvalue weighted by Crippen LogP contribution is 2.30. The third kappa shape index (κ3) is 5.23. The van der Waals surface area contributed by atoms with Gasteiger partial charge >= 0.3 is 12.1 Å². The summed E-state index contributed by atoms with van der Waals surface area (Å²) in [4.78, 5) is 11.4. The zero-order chi connectivity index (χ0) is 17.7. The molecule has 6 heteroatoms. The Morgan fingerprint density at radius 1 is 1.26 bits per heavy atom. The number of alkyl halides is 3. The van der Waals surface area contributed by atoms with Gasteiger partial charge in [0, 0.05) is 12.6 Å². The third-order valence-corrected chi connectivity index (χ3v) is 4.39. The molecule has 0 saturated heterocycles. The molecule has 0 aliphatic heterocycles. The smallest absolute Gasteiger partial charge is 0.416 e. The predicted octanol–water partition coefficient (Wildman–Crippen LogP) is 4.12. The number of aliphatic carboxylic acids is 1. The average Bonchev–Trinajstić information content (AvgIpc) is 2.48. The Morgan fingerprint density at radius 2 is 1.87 bits per heavy atom.